The van der Waals surface area contributed by atoms with Crippen molar-refractivity contribution in [1.29, 1.82) is 0 Å². The second kappa shape index (κ2) is 10.6. The van der Waals surface area contributed by atoms with E-state index in [1.807, 2.05) is 36.2 Å². The molecule has 2 saturated heterocycles. The van der Waals surface area contributed by atoms with Crippen LogP contribution in [0.5, 0.6) is 0 Å². The van der Waals surface area contributed by atoms with Gasteiger partial charge in [0.05, 0.1) is 13.2 Å². The molecule has 0 spiro atoms. The number of rotatable bonds is 4. The van der Waals surface area contributed by atoms with E-state index < -0.39 is 0 Å². The van der Waals surface area contributed by atoms with Gasteiger partial charge >= 0.3 is 0 Å². The Kier molecular flexibility index (Phi) is 7.43. The quantitative estimate of drug-likeness (QED) is 0.588. The molecule has 1 amide bonds. The summed E-state index contributed by atoms with van der Waals surface area (Å²) >= 11 is 0. The molecule has 170 valence electrons. The highest BCUT2D eigenvalue weighted by molar-refractivity contribution is 5.94. The van der Waals surface area contributed by atoms with Gasteiger partial charge in [0.1, 0.15) is 6.10 Å². The fourth-order valence-corrected chi connectivity index (χ4v) is 4.54. The van der Waals surface area contributed by atoms with Gasteiger partial charge in [-0.1, -0.05) is 36.4 Å². The van der Waals surface area contributed by atoms with Crippen molar-refractivity contribution in [1.82, 2.24) is 15.1 Å². The fraction of sp³-hybridized carbons (Fsp3) is 0.462. The van der Waals surface area contributed by atoms with Crippen LogP contribution in [0.3, 0.4) is 0 Å². The molecule has 2 fully saturated rings. The van der Waals surface area contributed by atoms with Gasteiger partial charge in [0, 0.05) is 38.8 Å². The van der Waals surface area contributed by atoms with Gasteiger partial charge in [0.2, 0.25) is 0 Å². The Labute approximate surface area is 191 Å². The van der Waals surface area contributed by atoms with Crippen LogP contribution >= 0.6 is 0 Å². The summed E-state index contributed by atoms with van der Waals surface area (Å²) < 4.78 is 6.06. The molecule has 2 aliphatic rings. The van der Waals surface area contributed by atoms with Gasteiger partial charge in [0.15, 0.2) is 5.96 Å². The van der Waals surface area contributed by atoms with Crippen molar-refractivity contribution in [2.24, 2.45) is 4.99 Å². The lowest BCUT2D eigenvalue weighted by Crippen LogP contribution is -2.48. The smallest absolute Gasteiger partial charge is 0.253 e. The molecular formula is C26H34N4O2. The third-order valence-electron chi connectivity index (χ3n) is 6.41. The number of aryl methyl sites for hydroxylation is 1. The fourth-order valence-electron chi connectivity index (χ4n) is 4.54. The molecule has 2 aliphatic heterocycles. The Balaban J connectivity index is 1.34. The largest absolute Gasteiger partial charge is 0.370 e. The number of guanidine groups is 1. The minimum absolute atomic E-state index is 0.0450. The average Bonchev–Trinajstić information content (AvgIpc) is 2.85. The number of hydrogen-bond donors (Lipinski definition) is 1. The van der Waals surface area contributed by atoms with E-state index in [-0.39, 0.29) is 12.0 Å². The molecule has 2 heterocycles. The number of amides is 1. The first-order chi connectivity index (χ1) is 15.7. The number of carbonyl (C=O) groups is 1. The molecule has 0 aromatic heterocycles. The van der Waals surface area contributed by atoms with Crippen LogP contribution in [0.1, 0.15) is 52.4 Å². The van der Waals surface area contributed by atoms with Crippen LogP contribution in [-0.2, 0) is 11.3 Å². The van der Waals surface area contributed by atoms with Crippen LogP contribution in [0.25, 0.3) is 0 Å². The summed E-state index contributed by atoms with van der Waals surface area (Å²) in [7, 11) is 1.82. The van der Waals surface area contributed by atoms with Crippen molar-refractivity contribution in [2.75, 3.05) is 39.8 Å². The van der Waals surface area contributed by atoms with Crippen molar-refractivity contribution in [3.8, 4) is 0 Å². The Morgan fingerprint density at radius 1 is 1.03 bits per heavy atom. The summed E-state index contributed by atoms with van der Waals surface area (Å²) in [5.41, 5.74) is 4.39. The normalized spacial score (nSPS) is 19.7. The lowest BCUT2D eigenvalue weighted by Gasteiger charge is -2.35. The van der Waals surface area contributed by atoms with Gasteiger partial charge in [-0.3, -0.25) is 9.79 Å². The third kappa shape index (κ3) is 5.30. The first-order valence-electron chi connectivity index (χ1n) is 11.7. The summed E-state index contributed by atoms with van der Waals surface area (Å²) in [6, 6.07) is 16.4. The number of hydrogen-bond acceptors (Lipinski definition) is 3. The summed E-state index contributed by atoms with van der Waals surface area (Å²) in [5, 5.41) is 3.48. The highest BCUT2D eigenvalue weighted by atomic mass is 16.5. The summed E-state index contributed by atoms with van der Waals surface area (Å²) in [6.45, 7) is 6.80. The van der Waals surface area contributed by atoms with E-state index in [1.54, 1.807) is 0 Å². The Morgan fingerprint density at radius 2 is 1.78 bits per heavy atom. The predicted molar refractivity (Wildman–Crippen MR) is 128 cm³/mol. The lowest BCUT2D eigenvalue weighted by atomic mass is 10.0. The number of nitrogens with zero attached hydrogens (tertiary/aromatic N) is 3. The third-order valence-corrected chi connectivity index (χ3v) is 6.41. The van der Waals surface area contributed by atoms with E-state index in [0.29, 0.717) is 13.2 Å². The van der Waals surface area contributed by atoms with Crippen LogP contribution in [-0.4, -0.2) is 61.5 Å². The maximum atomic E-state index is 12.7. The number of aliphatic imine (C=N–C) groups is 1. The Hall–Kier alpha value is -2.86. The maximum Gasteiger partial charge on any atom is 0.253 e. The Morgan fingerprint density at radius 3 is 2.50 bits per heavy atom. The van der Waals surface area contributed by atoms with Crippen molar-refractivity contribution in [3.05, 3.63) is 70.8 Å². The number of morpholine rings is 1. The minimum Gasteiger partial charge on any atom is -0.370 e. The highest BCUT2D eigenvalue weighted by Gasteiger charge is 2.25. The van der Waals surface area contributed by atoms with Crippen LogP contribution in [0.15, 0.2) is 53.5 Å². The van der Waals surface area contributed by atoms with E-state index in [4.69, 9.17) is 4.74 Å². The van der Waals surface area contributed by atoms with E-state index in [2.05, 4.69) is 46.4 Å². The van der Waals surface area contributed by atoms with Crippen molar-refractivity contribution in [3.63, 3.8) is 0 Å². The molecule has 32 heavy (non-hydrogen) atoms. The predicted octanol–water partition coefficient (Wildman–Crippen LogP) is 3.77. The number of nitrogens with one attached hydrogen (secondary N) is 1. The highest BCUT2D eigenvalue weighted by Crippen LogP contribution is 2.25. The zero-order valence-corrected chi connectivity index (χ0v) is 19.2. The van der Waals surface area contributed by atoms with Gasteiger partial charge in [-0.05, 0) is 55.0 Å². The Bertz CT molecular complexity index is 935. The second-order valence-corrected chi connectivity index (χ2v) is 8.61. The standard InChI is InChI=1S/C26H34N4O2/c1-20-8-4-5-9-23(20)24-19-30(16-17-32-24)26(27-2)28-18-21-10-12-22(13-11-21)25(31)29-14-6-3-7-15-29/h4-5,8-13,24H,3,6-7,14-19H2,1-2H3,(H,27,28). The molecular weight excluding hydrogens is 400 g/mol. The van der Waals surface area contributed by atoms with Crippen LogP contribution in [0.4, 0.5) is 0 Å². The zero-order valence-electron chi connectivity index (χ0n) is 19.2. The van der Waals surface area contributed by atoms with Crippen LogP contribution in [0.2, 0.25) is 0 Å². The van der Waals surface area contributed by atoms with Gasteiger partial charge in [-0.25, -0.2) is 0 Å². The van der Waals surface area contributed by atoms with Crippen molar-refractivity contribution in [2.45, 2.75) is 38.8 Å². The van der Waals surface area contributed by atoms with Gasteiger partial charge < -0.3 is 19.9 Å². The molecule has 1 atom stereocenters. The summed E-state index contributed by atoms with van der Waals surface area (Å²) in [4.78, 5) is 21.4. The summed E-state index contributed by atoms with van der Waals surface area (Å²) in [6.07, 6.45) is 3.49. The van der Waals surface area contributed by atoms with E-state index in [0.717, 1.165) is 56.1 Å². The molecule has 1 N–H and O–H groups in total. The molecule has 2 aromatic carbocycles. The maximum absolute atomic E-state index is 12.7. The molecule has 0 aliphatic carbocycles. The summed E-state index contributed by atoms with van der Waals surface area (Å²) in [5.74, 6) is 1.02. The first-order valence-corrected chi connectivity index (χ1v) is 11.7. The SMILES string of the molecule is CN=C(NCc1ccc(C(=O)N2CCCCC2)cc1)N1CCOC(c2ccccc2C)C1. The number of benzene rings is 2. The molecule has 2 aromatic rings. The molecule has 1 unspecified atom stereocenters. The van der Waals surface area contributed by atoms with E-state index >= 15 is 0 Å². The lowest BCUT2D eigenvalue weighted by molar-refractivity contribution is -0.00833. The van der Waals surface area contributed by atoms with Crippen LogP contribution in [0, 0.1) is 6.92 Å². The molecule has 6 heteroatoms. The van der Waals surface area contributed by atoms with E-state index in [1.165, 1.54) is 17.5 Å². The number of piperidine rings is 1. The number of ether oxygens (including phenoxy) is 1. The van der Waals surface area contributed by atoms with Crippen molar-refractivity contribution < 1.29 is 9.53 Å². The molecule has 4 rings (SSSR count). The number of carbonyl (C=O) groups excluding carboxylic acids is 1. The zero-order chi connectivity index (χ0) is 22.3. The van der Waals surface area contributed by atoms with E-state index in [9.17, 15) is 4.79 Å². The molecule has 0 saturated carbocycles. The monoisotopic (exact) mass is 434 g/mol. The second-order valence-electron chi connectivity index (χ2n) is 8.61. The topological polar surface area (TPSA) is 57.2 Å². The van der Waals surface area contributed by atoms with Gasteiger partial charge in [0.25, 0.3) is 5.91 Å². The van der Waals surface area contributed by atoms with Crippen LogP contribution < -0.4 is 5.32 Å². The number of likely N-dealkylation sites (tertiary alicyclic amines) is 1. The van der Waals surface area contributed by atoms with Gasteiger partial charge in [-0.2, -0.15) is 0 Å². The average molecular weight is 435 g/mol. The molecule has 0 radical (unpaired) electrons. The van der Waals surface area contributed by atoms with Gasteiger partial charge in [-0.15, -0.1) is 0 Å². The molecule has 0 bridgehead atoms. The first kappa shape index (κ1) is 22.3. The minimum atomic E-state index is 0.0450. The molecule has 6 nitrogen and oxygen atoms in total. The van der Waals surface area contributed by atoms with Crippen molar-refractivity contribution >= 4 is 11.9 Å².